The van der Waals surface area contributed by atoms with Gasteiger partial charge in [0.15, 0.2) is 6.04 Å². The maximum atomic E-state index is 12.4. The van der Waals surface area contributed by atoms with Crippen LogP contribution in [0.5, 0.6) is 5.75 Å². The molecule has 0 spiro atoms. The van der Waals surface area contributed by atoms with Gasteiger partial charge in [-0.15, -0.1) is 0 Å². The third-order valence-corrected chi connectivity index (χ3v) is 4.27. The SMILES string of the molecule is C[C@@H](C(=O)Nc1ccccc1C#N)[NH+](C)CCOc1ccc(Cl)cc1. The van der Waals surface area contributed by atoms with Crippen LogP contribution in [0.2, 0.25) is 5.02 Å². The highest BCUT2D eigenvalue weighted by molar-refractivity contribution is 6.30. The molecule has 130 valence electrons. The van der Waals surface area contributed by atoms with Crippen molar-refractivity contribution in [1.29, 1.82) is 5.26 Å². The zero-order valence-corrected chi connectivity index (χ0v) is 15.0. The van der Waals surface area contributed by atoms with E-state index in [9.17, 15) is 4.79 Å². The predicted molar refractivity (Wildman–Crippen MR) is 97.9 cm³/mol. The van der Waals surface area contributed by atoms with E-state index in [-0.39, 0.29) is 11.9 Å². The van der Waals surface area contributed by atoms with E-state index in [0.29, 0.717) is 29.4 Å². The van der Waals surface area contributed by atoms with E-state index in [2.05, 4.69) is 11.4 Å². The Kier molecular flexibility index (Phi) is 6.81. The number of anilines is 1. The lowest BCUT2D eigenvalue weighted by atomic mass is 10.2. The molecule has 0 bridgehead atoms. The fraction of sp³-hybridized carbons (Fsp3) is 0.263. The van der Waals surface area contributed by atoms with Crippen LogP contribution in [0.25, 0.3) is 0 Å². The van der Waals surface area contributed by atoms with Crippen molar-refractivity contribution in [3.63, 3.8) is 0 Å². The second-order valence-corrected chi connectivity index (χ2v) is 6.20. The number of ether oxygens (including phenoxy) is 1. The van der Waals surface area contributed by atoms with Gasteiger partial charge in [-0.3, -0.25) is 4.79 Å². The van der Waals surface area contributed by atoms with Gasteiger partial charge in [-0.1, -0.05) is 23.7 Å². The number of para-hydroxylation sites is 1. The highest BCUT2D eigenvalue weighted by atomic mass is 35.5. The molecule has 1 amide bonds. The number of rotatable bonds is 7. The van der Waals surface area contributed by atoms with E-state index in [0.717, 1.165) is 10.6 Å². The Morgan fingerprint density at radius 2 is 1.96 bits per heavy atom. The zero-order valence-electron chi connectivity index (χ0n) is 14.3. The summed E-state index contributed by atoms with van der Waals surface area (Å²) >= 11 is 5.84. The van der Waals surface area contributed by atoms with Gasteiger partial charge in [-0.2, -0.15) is 5.26 Å². The monoisotopic (exact) mass is 358 g/mol. The van der Waals surface area contributed by atoms with Crippen LogP contribution in [-0.4, -0.2) is 32.1 Å². The van der Waals surface area contributed by atoms with Gasteiger partial charge in [0.05, 0.1) is 18.3 Å². The molecule has 2 aromatic carbocycles. The lowest BCUT2D eigenvalue weighted by molar-refractivity contribution is -0.894. The first kappa shape index (κ1) is 18.8. The van der Waals surface area contributed by atoms with Crippen molar-refractivity contribution in [2.45, 2.75) is 13.0 Å². The van der Waals surface area contributed by atoms with Gasteiger partial charge in [0.2, 0.25) is 0 Å². The van der Waals surface area contributed by atoms with Gasteiger partial charge in [-0.05, 0) is 43.3 Å². The normalized spacial score (nSPS) is 12.7. The fourth-order valence-corrected chi connectivity index (χ4v) is 2.36. The summed E-state index contributed by atoms with van der Waals surface area (Å²) in [7, 11) is 1.94. The van der Waals surface area contributed by atoms with E-state index in [1.54, 1.807) is 36.4 Å². The molecule has 0 aromatic heterocycles. The fourth-order valence-electron chi connectivity index (χ4n) is 2.23. The lowest BCUT2D eigenvalue weighted by Gasteiger charge is -2.21. The molecule has 0 saturated heterocycles. The molecule has 0 aliphatic heterocycles. The Labute approximate surface area is 152 Å². The van der Waals surface area contributed by atoms with Crippen LogP contribution in [0.3, 0.4) is 0 Å². The molecular weight excluding hydrogens is 338 g/mol. The summed E-state index contributed by atoms with van der Waals surface area (Å²) in [6.07, 6.45) is 0. The van der Waals surface area contributed by atoms with Gasteiger partial charge >= 0.3 is 0 Å². The molecule has 1 unspecified atom stereocenters. The maximum Gasteiger partial charge on any atom is 0.282 e. The summed E-state index contributed by atoms with van der Waals surface area (Å²) in [5, 5.41) is 12.6. The number of hydrogen-bond acceptors (Lipinski definition) is 3. The van der Waals surface area contributed by atoms with Crippen molar-refractivity contribution < 1.29 is 14.4 Å². The van der Waals surface area contributed by atoms with E-state index in [1.807, 2.05) is 26.1 Å². The smallest absolute Gasteiger partial charge is 0.282 e. The number of benzene rings is 2. The molecule has 0 aliphatic rings. The van der Waals surface area contributed by atoms with Gasteiger partial charge in [0.1, 0.15) is 25.0 Å². The third-order valence-electron chi connectivity index (χ3n) is 4.02. The van der Waals surface area contributed by atoms with Crippen molar-refractivity contribution in [3.8, 4) is 11.8 Å². The van der Waals surface area contributed by atoms with Crippen molar-refractivity contribution >= 4 is 23.2 Å². The van der Waals surface area contributed by atoms with Crippen molar-refractivity contribution in [2.75, 3.05) is 25.5 Å². The van der Waals surface area contributed by atoms with E-state index >= 15 is 0 Å². The molecular formula is C19H21ClN3O2+. The molecule has 0 aliphatic carbocycles. The summed E-state index contributed by atoms with van der Waals surface area (Å²) in [4.78, 5) is 13.4. The van der Waals surface area contributed by atoms with Crippen LogP contribution >= 0.6 is 11.6 Å². The number of quaternary nitrogens is 1. The minimum Gasteiger partial charge on any atom is -0.488 e. The number of carbonyl (C=O) groups is 1. The summed E-state index contributed by atoms with van der Waals surface area (Å²) in [6, 6.07) is 15.9. The minimum absolute atomic E-state index is 0.133. The number of nitriles is 1. The number of likely N-dealkylation sites (N-methyl/N-ethyl adjacent to an activating group) is 1. The standard InChI is InChI=1S/C19H20ClN3O2/c1-14(19(24)22-18-6-4-3-5-15(18)13-21)23(2)11-12-25-17-9-7-16(20)8-10-17/h3-10,14H,11-12H2,1-2H3,(H,22,24)/p+1/t14-/m0/s1. The number of halogens is 1. The summed E-state index contributed by atoms with van der Waals surface area (Å²) in [5.74, 6) is 0.615. The zero-order chi connectivity index (χ0) is 18.2. The second kappa shape index (κ2) is 9.07. The highest BCUT2D eigenvalue weighted by Gasteiger charge is 2.22. The van der Waals surface area contributed by atoms with Crippen LogP contribution in [-0.2, 0) is 4.79 Å². The molecule has 2 atom stereocenters. The molecule has 0 radical (unpaired) electrons. The van der Waals surface area contributed by atoms with Crippen LogP contribution in [0, 0.1) is 11.3 Å². The van der Waals surface area contributed by atoms with Crippen LogP contribution in [0.4, 0.5) is 5.69 Å². The van der Waals surface area contributed by atoms with E-state index in [1.165, 1.54) is 0 Å². The molecule has 0 heterocycles. The van der Waals surface area contributed by atoms with E-state index < -0.39 is 0 Å². The first-order valence-corrected chi connectivity index (χ1v) is 8.39. The Morgan fingerprint density at radius 3 is 2.64 bits per heavy atom. The van der Waals surface area contributed by atoms with Crippen LogP contribution < -0.4 is 15.0 Å². The van der Waals surface area contributed by atoms with Gasteiger partial charge in [0, 0.05) is 5.02 Å². The van der Waals surface area contributed by atoms with Gasteiger partial charge in [0.25, 0.3) is 5.91 Å². The van der Waals surface area contributed by atoms with Crippen LogP contribution in [0.15, 0.2) is 48.5 Å². The van der Waals surface area contributed by atoms with Gasteiger partial charge < -0.3 is 15.0 Å². The Bertz CT molecular complexity index is 756. The van der Waals surface area contributed by atoms with Crippen molar-refractivity contribution in [1.82, 2.24) is 0 Å². The molecule has 0 saturated carbocycles. The lowest BCUT2D eigenvalue weighted by Crippen LogP contribution is -3.14. The number of hydrogen-bond donors (Lipinski definition) is 2. The molecule has 2 aromatic rings. The highest BCUT2D eigenvalue weighted by Crippen LogP contribution is 2.15. The molecule has 25 heavy (non-hydrogen) atoms. The topological polar surface area (TPSA) is 66.6 Å². The number of carbonyl (C=O) groups excluding carboxylic acids is 1. The molecule has 6 heteroatoms. The second-order valence-electron chi connectivity index (χ2n) is 5.77. The quantitative estimate of drug-likeness (QED) is 0.796. The van der Waals surface area contributed by atoms with Gasteiger partial charge in [-0.25, -0.2) is 0 Å². The Balaban J connectivity index is 1.84. The Morgan fingerprint density at radius 1 is 1.28 bits per heavy atom. The largest absolute Gasteiger partial charge is 0.488 e. The average Bonchev–Trinajstić information content (AvgIpc) is 2.63. The molecule has 0 fully saturated rings. The number of amides is 1. The van der Waals surface area contributed by atoms with Crippen molar-refractivity contribution in [3.05, 3.63) is 59.1 Å². The molecule has 2 rings (SSSR count). The first-order valence-electron chi connectivity index (χ1n) is 8.02. The van der Waals surface area contributed by atoms with Crippen LogP contribution in [0.1, 0.15) is 12.5 Å². The van der Waals surface area contributed by atoms with E-state index in [4.69, 9.17) is 21.6 Å². The summed E-state index contributed by atoms with van der Waals surface area (Å²) in [6.45, 7) is 3.00. The number of nitrogens with one attached hydrogen (secondary N) is 2. The third kappa shape index (κ3) is 5.49. The molecule has 5 nitrogen and oxygen atoms in total. The maximum absolute atomic E-state index is 12.4. The Hall–Kier alpha value is -2.55. The predicted octanol–water partition coefficient (Wildman–Crippen LogP) is 2.13. The summed E-state index contributed by atoms with van der Waals surface area (Å²) < 4.78 is 5.66. The average molecular weight is 359 g/mol. The van der Waals surface area contributed by atoms with Crippen molar-refractivity contribution in [2.24, 2.45) is 0 Å². The first-order chi connectivity index (χ1) is 12.0. The summed E-state index contributed by atoms with van der Waals surface area (Å²) in [5.41, 5.74) is 0.985. The minimum atomic E-state index is -0.277. The number of nitrogens with zero attached hydrogens (tertiary/aromatic N) is 1. The molecule has 2 N–H and O–H groups in total.